The summed E-state index contributed by atoms with van der Waals surface area (Å²) in [5.74, 6) is 1.78. The van der Waals surface area contributed by atoms with Crippen molar-refractivity contribution in [2.24, 2.45) is 5.41 Å². The normalized spacial score (nSPS) is 11.8. The van der Waals surface area contributed by atoms with Crippen molar-refractivity contribution in [2.45, 2.75) is 144 Å². The Morgan fingerprint density at radius 3 is 0.980 bits per heavy atom. The van der Waals surface area contributed by atoms with Crippen LogP contribution in [-0.4, -0.2) is 131 Å². The van der Waals surface area contributed by atoms with E-state index >= 15 is 0 Å². The zero-order valence-electron chi connectivity index (χ0n) is 81.8. The maximum atomic E-state index is 14.0. The van der Waals surface area contributed by atoms with Crippen LogP contribution >= 0.6 is 34.3 Å². The van der Waals surface area contributed by atoms with Crippen molar-refractivity contribution in [3.05, 3.63) is 431 Å². The van der Waals surface area contributed by atoms with Gasteiger partial charge in [-0.1, -0.05) is 135 Å². The summed E-state index contributed by atoms with van der Waals surface area (Å²) in [7, 11) is 0. The third-order valence-electron chi connectivity index (χ3n) is 22.8. The van der Waals surface area contributed by atoms with Gasteiger partial charge in [0.25, 0.3) is 0 Å². The molecule has 0 fully saturated rings. The van der Waals surface area contributed by atoms with Crippen LogP contribution in [0.4, 0.5) is 70.2 Å². The molecule has 0 radical (unpaired) electrons. The van der Waals surface area contributed by atoms with E-state index < -0.39 is 58.7 Å². The lowest BCUT2D eigenvalue weighted by Crippen LogP contribution is -2.37. The fourth-order valence-corrected chi connectivity index (χ4v) is 16.5. The molecular formula is C111H112ClF16N13O5S2. The fraction of sp³-hybridized carbons (Fsp3) is 0.297. The van der Waals surface area contributed by atoms with Gasteiger partial charge < -0.3 is 23.7 Å². The third-order valence-corrected chi connectivity index (χ3v) is 24.7. The first-order chi connectivity index (χ1) is 70.8. The van der Waals surface area contributed by atoms with E-state index in [0.717, 1.165) is 145 Å². The minimum atomic E-state index is -4.37. The number of thiazole rings is 2. The van der Waals surface area contributed by atoms with Crippen molar-refractivity contribution in [1.82, 2.24) is 65.1 Å². The second-order valence-electron chi connectivity index (χ2n) is 35.2. The van der Waals surface area contributed by atoms with Gasteiger partial charge in [0.2, 0.25) is 0 Å². The molecule has 0 amide bonds. The van der Waals surface area contributed by atoms with E-state index in [-0.39, 0.29) is 17.8 Å². The number of benzene rings is 10. The van der Waals surface area contributed by atoms with Crippen molar-refractivity contribution in [3.63, 3.8) is 0 Å². The Kier molecular flexibility index (Phi) is 44.5. The van der Waals surface area contributed by atoms with Crippen LogP contribution in [0.15, 0.2) is 321 Å². The molecule has 0 saturated carbocycles. The highest BCUT2D eigenvalue weighted by Crippen LogP contribution is 2.37. The second-order valence-corrected chi connectivity index (χ2v) is 37.6. The highest BCUT2D eigenvalue weighted by atomic mass is 35.5. The Labute approximate surface area is 863 Å². The van der Waals surface area contributed by atoms with Crippen molar-refractivity contribution in [2.75, 3.05) is 65.8 Å². The number of nitrogens with zero attached hydrogens (tertiary/aromatic N) is 13. The highest BCUT2D eigenvalue weighted by molar-refractivity contribution is 7.09. The predicted octanol–water partition coefficient (Wildman–Crippen LogP) is 27.7. The van der Waals surface area contributed by atoms with E-state index in [1.165, 1.54) is 111 Å². The minimum Gasteiger partial charge on any atom is -0.494 e. The van der Waals surface area contributed by atoms with Gasteiger partial charge in [-0.05, 0) is 242 Å². The van der Waals surface area contributed by atoms with Crippen LogP contribution in [0.3, 0.4) is 0 Å². The monoisotopic (exact) mass is 2110 g/mol. The quantitative estimate of drug-likeness (QED) is 0.0261. The largest absolute Gasteiger partial charge is 0.494 e. The average Bonchev–Trinajstić information content (AvgIpc) is 1.43. The predicted molar refractivity (Wildman–Crippen MR) is 540 cm³/mol. The van der Waals surface area contributed by atoms with Gasteiger partial charge in [-0.2, -0.15) is 96.4 Å². The number of rotatable bonds is 43. The van der Waals surface area contributed by atoms with E-state index in [2.05, 4.69) is 131 Å². The molecular weight excluding hydrogens is 2000 g/mol. The van der Waals surface area contributed by atoms with E-state index in [1.807, 2.05) is 102 Å². The van der Waals surface area contributed by atoms with Gasteiger partial charge >= 0.3 is 30.9 Å². The summed E-state index contributed by atoms with van der Waals surface area (Å²) in [6, 6.07) is 72.2. The van der Waals surface area contributed by atoms with Gasteiger partial charge in [0, 0.05) is 155 Å². The van der Waals surface area contributed by atoms with Gasteiger partial charge in [0.05, 0.1) is 76.2 Å². The Bertz CT molecular complexity index is 6040. The van der Waals surface area contributed by atoms with E-state index in [4.69, 9.17) is 35.3 Å². The molecule has 15 aromatic rings. The van der Waals surface area contributed by atoms with Crippen LogP contribution in [0.25, 0.3) is 0 Å². The molecule has 0 bridgehead atoms. The molecule has 0 spiro atoms. The maximum Gasteiger partial charge on any atom is 0.416 e. The summed E-state index contributed by atoms with van der Waals surface area (Å²) in [5, 5.41) is 24.8. The zero-order valence-corrected chi connectivity index (χ0v) is 84.1. The van der Waals surface area contributed by atoms with E-state index in [1.54, 1.807) is 71.5 Å². The summed E-state index contributed by atoms with van der Waals surface area (Å²) in [6.45, 7) is 22.1. The van der Waals surface area contributed by atoms with Crippen LogP contribution in [0.5, 0.6) is 28.7 Å². The van der Waals surface area contributed by atoms with Crippen LogP contribution < -0.4 is 23.7 Å². The maximum absolute atomic E-state index is 14.0. The molecule has 10 aromatic carbocycles. The summed E-state index contributed by atoms with van der Waals surface area (Å²) in [6.07, 6.45) is -9.97. The Balaban J connectivity index is 0.000000176. The lowest BCUT2D eigenvalue weighted by molar-refractivity contribution is -0.138. The van der Waals surface area contributed by atoms with Crippen molar-refractivity contribution in [1.29, 1.82) is 0 Å². The van der Waals surface area contributed by atoms with Gasteiger partial charge in [-0.3, -0.25) is 34.5 Å². The molecule has 5 aromatic heterocycles. The van der Waals surface area contributed by atoms with E-state index in [0.29, 0.717) is 125 Å². The van der Waals surface area contributed by atoms with Gasteiger partial charge in [-0.15, -0.1) is 22.7 Å². The number of alkyl halides is 15. The Morgan fingerprint density at radius 1 is 0.297 bits per heavy atom. The molecule has 0 aliphatic rings. The van der Waals surface area contributed by atoms with E-state index in [9.17, 15) is 70.2 Å². The molecule has 5 heterocycles. The zero-order chi connectivity index (χ0) is 106. The topological polar surface area (TPSA) is 165 Å². The van der Waals surface area contributed by atoms with Crippen LogP contribution in [-0.2, 0) is 96.3 Å². The fourth-order valence-electron chi connectivity index (χ4n) is 15.1. The Morgan fingerprint density at radius 2 is 0.628 bits per heavy atom. The first-order valence-corrected chi connectivity index (χ1v) is 49.2. The lowest BCUT2D eigenvalue weighted by Gasteiger charge is -2.33. The number of hydrogen-bond acceptors (Lipinski definition) is 20. The number of aromatic nitrogens is 8. The third kappa shape index (κ3) is 41.1. The molecule has 0 aliphatic carbocycles. The number of ether oxygens (including phenoxy) is 5. The average molecular weight is 2110 g/mol. The number of hydrogen-bond donors (Lipinski definition) is 0. The standard InChI is InChI=1S/C25H28F3N3O.2C23H24F3N3O.C20H18ClF3N2OS.C20H18F4N2OS/c1-19-7-4-5-8-20(19)15-31(16-22-9-6-14-29-30-22)17-24(2,3)18-32-23-12-10-21(11-13-23)25(26,27)28;1-18-6-2-3-7-19(18)16-29(17-21-8-4-13-27-28-21)14-5-15-30-22-11-9-20(10-12-22)23(24,25)26;1-18-5-2-3-6-20(18)17-29(16-19-11-12-27-28-15-19)13-4-14-30-22-9-7-21(8-10-22)23(24,25)26;2*21-19-4-2-1-3-15(19)12-26(13-18-11-25-14-28-18)9-10-27-17-7-5-16(6-8-17)20(22,23)24/h4-14H,15-18H2,1-3H3;2-4,6-13H,5,14-17H2,1H3;2-3,5-12,15H,4,13-14,16-17H2,1H3;2*1-8,11,14H,9-10,12-13H2. The SMILES string of the molecule is Cc1ccccc1CN(CCCOc1ccc(C(F)(F)F)cc1)Cc1cccnn1.Cc1ccccc1CN(CCCOc1ccc(C(F)(F)F)cc1)Cc1ccnnc1.Cc1ccccc1CN(Cc1cccnn1)CC(C)(C)COc1ccc(C(F)(F)F)cc1.FC(F)(F)c1ccc(OCCN(Cc2cncs2)Cc2ccccc2Cl)cc1.Fc1ccccc1CN(CCOc1ccc(C(F)(F)F)cc1)Cc1cncs1. The second kappa shape index (κ2) is 57.3. The van der Waals surface area contributed by atoms with Crippen molar-refractivity contribution in [3.8, 4) is 28.7 Å². The van der Waals surface area contributed by atoms with Crippen LogP contribution in [0, 0.1) is 32.0 Å². The molecule has 148 heavy (non-hydrogen) atoms. The van der Waals surface area contributed by atoms with Crippen molar-refractivity contribution < 1.29 is 93.9 Å². The molecule has 15 rings (SSSR count). The summed E-state index contributed by atoms with van der Waals surface area (Å²) in [4.78, 5) is 21.3. The lowest BCUT2D eigenvalue weighted by atomic mass is 9.93. The molecule has 0 unspecified atom stereocenters. The molecule has 0 N–H and O–H groups in total. The first-order valence-electron chi connectivity index (χ1n) is 47.0. The first kappa shape index (κ1) is 115. The molecule has 0 atom stereocenters. The van der Waals surface area contributed by atoms with Crippen LogP contribution in [0.1, 0.15) is 126 Å². The van der Waals surface area contributed by atoms with Crippen molar-refractivity contribution >= 4 is 34.3 Å². The number of aryl methyl sites for hydroxylation is 3. The highest BCUT2D eigenvalue weighted by Gasteiger charge is 2.35. The minimum absolute atomic E-state index is 0.256. The van der Waals surface area contributed by atoms with Gasteiger partial charge in [0.15, 0.2) is 0 Å². The van der Waals surface area contributed by atoms with Gasteiger partial charge in [0.1, 0.15) is 47.8 Å². The molecule has 0 aliphatic heterocycles. The van der Waals surface area contributed by atoms with Crippen LogP contribution in [0.2, 0.25) is 5.02 Å². The molecule has 782 valence electrons. The molecule has 37 heteroatoms. The molecule has 18 nitrogen and oxygen atoms in total. The smallest absolute Gasteiger partial charge is 0.416 e. The number of halogens is 17. The van der Waals surface area contributed by atoms with Gasteiger partial charge in [-0.25, -0.2) is 4.39 Å². The molecule has 0 saturated heterocycles. The summed E-state index contributed by atoms with van der Waals surface area (Å²) in [5.41, 5.74) is 11.6. The summed E-state index contributed by atoms with van der Waals surface area (Å²) >= 11 is 9.34. The Hall–Kier alpha value is -13.3. The summed E-state index contributed by atoms with van der Waals surface area (Å²) < 4.78 is 232.